The van der Waals surface area contributed by atoms with Crippen LogP contribution in [0.2, 0.25) is 0 Å². The lowest BCUT2D eigenvalue weighted by Crippen LogP contribution is -2.37. The Labute approximate surface area is 122 Å². The third-order valence-corrected chi connectivity index (χ3v) is 4.57. The zero-order valence-electron chi connectivity index (χ0n) is 10.9. The zero-order valence-corrected chi connectivity index (χ0v) is 13.3. The Morgan fingerprint density at radius 1 is 1.42 bits per heavy atom. The second-order valence-corrected chi connectivity index (χ2v) is 6.53. The van der Waals surface area contributed by atoms with Crippen LogP contribution >= 0.6 is 15.9 Å². The molecule has 0 saturated carbocycles. The van der Waals surface area contributed by atoms with Crippen LogP contribution in [0, 0.1) is 0 Å². The third kappa shape index (κ3) is 4.45. The molecular formula is C12H18BrNO4S. The van der Waals surface area contributed by atoms with E-state index in [0.29, 0.717) is 23.2 Å². The van der Waals surface area contributed by atoms with E-state index in [1.165, 1.54) is 6.07 Å². The summed E-state index contributed by atoms with van der Waals surface area (Å²) in [6.07, 6.45) is 0.508. The van der Waals surface area contributed by atoms with Gasteiger partial charge in [-0.2, -0.15) is 0 Å². The molecular weight excluding hydrogens is 334 g/mol. The summed E-state index contributed by atoms with van der Waals surface area (Å²) in [6.45, 7) is 3.72. The largest absolute Gasteiger partial charge is 0.492 e. The van der Waals surface area contributed by atoms with Crippen LogP contribution < -0.4 is 9.46 Å². The van der Waals surface area contributed by atoms with E-state index in [1.807, 2.05) is 0 Å². The van der Waals surface area contributed by atoms with Crippen molar-refractivity contribution in [3.8, 4) is 5.75 Å². The molecule has 19 heavy (non-hydrogen) atoms. The van der Waals surface area contributed by atoms with Gasteiger partial charge in [-0.1, -0.05) is 22.9 Å². The number of hydrogen-bond acceptors (Lipinski definition) is 4. The molecule has 0 unspecified atom stereocenters. The van der Waals surface area contributed by atoms with Gasteiger partial charge in [0.05, 0.1) is 13.2 Å². The van der Waals surface area contributed by atoms with E-state index in [4.69, 9.17) is 9.84 Å². The van der Waals surface area contributed by atoms with Gasteiger partial charge in [-0.15, -0.1) is 0 Å². The van der Waals surface area contributed by atoms with Crippen molar-refractivity contribution >= 4 is 26.0 Å². The Bertz CT molecular complexity index is 514. The molecule has 7 heteroatoms. The predicted molar refractivity (Wildman–Crippen MR) is 76.8 cm³/mol. The number of benzene rings is 1. The highest BCUT2D eigenvalue weighted by molar-refractivity contribution is 9.10. The molecule has 0 aliphatic heterocycles. The fourth-order valence-electron chi connectivity index (χ4n) is 1.50. The van der Waals surface area contributed by atoms with Crippen LogP contribution in [0.5, 0.6) is 5.75 Å². The Hall–Kier alpha value is -0.630. The average Bonchev–Trinajstić information content (AvgIpc) is 2.38. The first-order valence-corrected chi connectivity index (χ1v) is 8.27. The SMILES string of the molecule is CCOc1ccc(Br)cc1S(=O)(=O)N[C@H](CC)CO. The van der Waals surface area contributed by atoms with Crippen LogP contribution in [0.4, 0.5) is 0 Å². The van der Waals surface area contributed by atoms with Crippen LogP contribution in [0.3, 0.4) is 0 Å². The highest BCUT2D eigenvalue weighted by Crippen LogP contribution is 2.27. The van der Waals surface area contributed by atoms with Gasteiger partial charge >= 0.3 is 0 Å². The number of aliphatic hydroxyl groups is 1. The maximum absolute atomic E-state index is 12.3. The minimum absolute atomic E-state index is 0.0654. The first-order valence-electron chi connectivity index (χ1n) is 6.00. The molecule has 1 rings (SSSR count). The molecule has 5 nitrogen and oxygen atoms in total. The highest BCUT2D eigenvalue weighted by Gasteiger charge is 2.23. The number of halogens is 1. The van der Waals surface area contributed by atoms with Gasteiger partial charge in [-0.3, -0.25) is 0 Å². The Morgan fingerprint density at radius 2 is 2.11 bits per heavy atom. The summed E-state index contributed by atoms with van der Waals surface area (Å²) in [5, 5.41) is 9.10. The van der Waals surface area contributed by atoms with E-state index in [1.54, 1.807) is 26.0 Å². The van der Waals surface area contributed by atoms with Gasteiger partial charge in [0, 0.05) is 10.5 Å². The number of nitrogens with one attached hydrogen (secondary N) is 1. The second kappa shape index (κ2) is 7.23. The minimum atomic E-state index is -3.72. The van der Waals surface area contributed by atoms with Crippen molar-refractivity contribution in [1.29, 1.82) is 0 Å². The molecule has 0 amide bonds. The molecule has 1 aromatic carbocycles. The number of hydrogen-bond donors (Lipinski definition) is 2. The summed E-state index contributed by atoms with van der Waals surface area (Å²) >= 11 is 3.24. The Balaban J connectivity index is 3.15. The van der Waals surface area contributed by atoms with Crippen LogP contribution in [0.1, 0.15) is 20.3 Å². The summed E-state index contributed by atoms with van der Waals surface area (Å²) in [6, 6.07) is 4.30. The van der Waals surface area contributed by atoms with E-state index >= 15 is 0 Å². The molecule has 0 radical (unpaired) electrons. The van der Waals surface area contributed by atoms with Crippen molar-refractivity contribution in [2.24, 2.45) is 0 Å². The van der Waals surface area contributed by atoms with Crippen molar-refractivity contribution in [3.63, 3.8) is 0 Å². The van der Waals surface area contributed by atoms with Gasteiger partial charge in [0.2, 0.25) is 10.0 Å². The van der Waals surface area contributed by atoms with E-state index in [0.717, 1.165) is 0 Å². The normalized spacial score (nSPS) is 13.3. The predicted octanol–water partition coefficient (Wildman–Crippen LogP) is 1.90. The van der Waals surface area contributed by atoms with Gasteiger partial charge in [0.1, 0.15) is 10.6 Å². The van der Waals surface area contributed by atoms with Crippen molar-refractivity contribution in [1.82, 2.24) is 4.72 Å². The Kier molecular flexibility index (Phi) is 6.25. The van der Waals surface area contributed by atoms with Crippen molar-refractivity contribution in [3.05, 3.63) is 22.7 Å². The van der Waals surface area contributed by atoms with Gasteiger partial charge in [0.15, 0.2) is 0 Å². The molecule has 0 saturated heterocycles. The third-order valence-electron chi connectivity index (χ3n) is 2.53. The molecule has 1 aromatic rings. The summed E-state index contributed by atoms with van der Waals surface area (Å²) in [5.74, 6) is 0.297. The van der Waals surface area contributed by atoms with Gasteiger partial charge in [-0.05, 0) is 31.5 Å². The smallest absolute Gasteiger partial charge is 0.244 e. The van der Waals surface area contributed by atoms with Crippen LogP contribution in [-0.4, -0.2) is 32.8 Å². The van der Waals surface area contributed by atoms with Crippen molar-refractivity contribution in [2.45, 2.75) is 31.2 Å². The molecule has 0 fully saturated rings. The van der Waals surface area contributed by atoms with Gasteiger partial charge in [-0.25, -0.2) is 13.1 Å². The number of ether oxygens (including phenoxy) is 1. The average molecular weight is 352 g/mol. The fraction of sp³-hybridized carbons (Fsp3) is 0.500. The lowest BCUT2D eigenvalue weighted by molar-refractivity contribution is 0.253. The second-order valence-electron chi connectivity index (χ2n) is 3.93. The molecule has 2 N–H and O–H groups in total. The number of aliphatic hydroxyl groups excluding tert-OH is 1. The molecule has 0 aliphatic rings. The monoisotopic (exact) mass is 351 g/mol. The standard InChI is InChI=1S/C12H18BrNO4S/c1-3-10(8-15)14-19(16,17)12-7-9(13)5-6-11(12)18-4-2/h5-7,10,14-15H,3-4,8H2,1-2H3/t10-/m1/s1. The molecule has 1 atom stereocenters. The number of sulfonamides is 1. The molecule has 0 heterocycles. The first-order chi connectivity index (χ1) is 8.94. The van der Waals surface area contributed by atoms with E-state index in [-0.39, 0.29) is 11.5 Å². The zero-order chi connectivity index (χ0) is 14.5. The van der Waals surface area contributed by atoms with Crippen molar-refractivity contribution < 1.29 is 18.3 Å². The molecule has 0 spiro atoms. The van der Waals surface area contributed by atoms with Crippen LogP contribution in [0.25, 0.3) is 0 Å². The van der Waals surface area contributed by atoms with Gasteiger partial charge in [0.25, 0.3) is 0 Å². The summed E-state index contributed by atoms with van der Waals surface area (Å²) in [7, 11) is -3.72. The minimum Gasteiger partial charge on any atom is -0.492 e. The van der Waals surface area contributed by atoms with E-state index < -0.39 is 16.1 Å². The van der Waals surface area contributed by atoms with E-state index in [2.05, 4.69) is 20.7 Å². The topological polar surface area (TPSA) is 75.6 Å². The highest BCUT2D eigenvalue weighted by atomic mass is 79.9. The number of rotatable bonds is 7. The van der Waals surface area contributed by atoms with E-state index in [9.17, 15) is 8.42 Å². The molecule has 0 bridgehead atoms. The van der Waals surface area contributed by atoms with Crippen LogP contribution in [-0.2, 0) is 10.0 Å². The quantitative estimate of drug-likeness (QED) is 0.786. The summed E-state index contributed by atoms with van der Waals surface area (Å²) in [5.41, 5.74) is 0. The first kappa shape index (κ1) is 16.4. The lowest BCUT2D eigenvalue weighted by Gasteiger charge is -2.16. The van der Waals surface area contributed by atoms with Crippen LogP contribution in [0.15, 0.2) is 27.6 Å². The maximum atomic E-state index is 12.3. The Morgan fingerprint density at radius 3 is 2.63 bits per heavy atom. The molecule has 0 aliphatic carbocycles. The summed E-state index contributed by atoms with van der Waals surface area (Å²) in [4.78, 5) is 0.0654. The fourth-order valence-corrected chi connectivity index (χ4v) is 3.49. The van der Waals surface area contributed by atoms with Crippen molar-refractivity contribution in [2.75, 3.05) is 13.2 Å². The summed E-state index contributed by atoms with van der Waals surface area (Å²) < 4.78 is 33.0. The molecule has 0 aromatic heterocycles. The maximum Gasteiger partial charge on any atom is 0.244 e. The van der Waals surface area contributed by atoms with Gasteiger partial charge < -0.3 is 9.84 Å². The lowest BCUT2D eigenvalue weighted by atomic mass is 10.3. The molecule has 108 valence electrons.